The third kappa shape index (κ3) is 6.00. The Hall–Kier alpha value is -4.13. The van der Waals surface area contributed by atoms with Gasteiger partial charge in [-0.2, -0.15) is 0 Å². The summed E-state index contributed by atoms with van der Waals surface area (Å²) in [6.07, 6.45) is 9.64. The van der Waals surface area contributed by atoms with Crippen LogP contribution in [0.4, 0.5) is 4.39 Å². The lowest BCUT2D eigenvalue weighted by Crippen LogP contribution is -2.40. The lowest BCUT2D eigenvalue weighted by atomic mass is 9.91. The molecule has 188 valence electrons. The van der Waals surface area contributed by atoms with Gasteiger partial charge in [0.25, 0.3) is 0 Å². The summed E-state index contributed by atoms with van der Waals surface area (Å²) >= 11 is 0. The second-order valence-corrected chi connectivity index (χ2v) is 9.47. The number of aryl methyl sites for hydroxylation is 1. The van der Waals surface area contributed by atoms with Gasteiger partial charge in [0.15, 0.2) is 11.6 Å². The highest BCUT2D eigenvalue weighted by molar-refractivity contribution is 5.77. The summed E-state index contributed by atoms with van der Waals surface area (Å²) in [4.78, 5) is 24.2. The Bertz CT molecular complexity index is 1340. The number of aromatic nitrogens is 4. The van der Waals surface area contributed by atoms with E-state index in [2.05, 4.69) is 22.7 Å². The van der Waals surface area contributed by atoms with Crippen molar-refractivity contribution in [1.29, 1.82) is 0 Å². The third-order valence-corrected chi connectivity index (χ3v) is 7.00. The molecule has 0 N–H and O–H groups in total. The predicted molar refractivity (Wildman–Crippen MR) is 143 cm³/mol. The van der Waals surface area contributed by atoms with Crippen LogP contribution in [0.2, 0.25) is 0 Å². The van der Waals surface area contributed by atoms with Gasteiger partial charge in [-0.25, -0.2) is 14.1 Å². The Kier molecular flexibility index (Phi) is 7.49. The molecule has 0 unspecified atom stereocenters. The molecule has 6 nitrogen and oxygen atoms in total. The van der Waals surface area contributed by atoms with Gasteiger partial charge in [0, 0.05) is 36.6 Å². The number of rotatable bonds is 8. The Labute approximate surface area is 216 Å². The van der Waals surface area contributed by atoms with Crippen LogP contribution in [0.15, 0.2) is 79.6 Å². The number of nitrogens with zero attached hydrogens (tertiary/aromatic N) is 5. The quantitative estimate of drug-likeness (QED) is 0.316. The first-order valence-corrected chi connectivity index (χ1v) is 12.7. The number of amides is 1. The van der Waals surface area contributed by atoms with Gasteiger partial charge >= 0.3 is 0 Å². The van der Waals surface area contributed by atoms with Crippen LogP contribution >= 0.6 is 0 Å². The van der Waals surface area contributed by atoms with Crippen molar-refractivity contribution in [3.63, 3.8) is 0 Å². The van der Waals surface area contributed by atoms with Gasteiger partial charge in [-0.3, -0.25) is 9.78 Å². The molecule has 0 bridgehead atoms. The van der Waals surface area contributed by atoms with Crippen LogP contribution in [0.5, 0.6) is 0 Å². The number of halogens is 1. The van der Waals surface area contributed by atoms with Gasteiger partial charge in [-0.05, 0) is 73.1 Å². The highest BCUT2D eigenvalue weighted by atomic mass is 19.1. The van der Waals surface area contributed by atoms with Gasteiger partial charge < -0.3 is 4.90 Å². The molecule has 0 spiro atoms. The third-order valence-electron chi connectivity index (χ3n) is 7.00. The van der Waals surface area contributed by atoms with Crippen molar-refractivity contribution in [3.05, 3.63) is 96.6 Å². The van der Waals surface area contributed by atoms with Crippen molar-refractivity contribution in [2.75, 3.05) is 13.1 Å². The molecule has 5 rings (SSSR count). The fraction of sp³-hybridized carbons (Fsp3) is 0.267. The average molecular weight is 496 g/mol. The highest BCUT2D eigenvalue weighted by Gasteiger charge is 2.24. The van der Waals surface area contributed by atoms with Crippen molar-refractivity contribution in [3.8, 4) is 22.8 Å². The minimum Gasteiger partial charge on any atom is -0.341 e. The fourth-order valence-electron chi connectivity index (χ4n) is 4.77. The SMILES string of the molecule is C=Cc1ccc(-c2nc(-c3ccc(F)cc3)nn2CC(=O)N2CCC(CCc3cccnc3)CC2)cc1. The van der Waals surface area contributed by atoms with Gasteiger partial charge in [-0.15, -0.1) is 5.10 Å². The molecule has 1 fully saturated rings. The predicted octanol–water partition coefficient (Wildman–Crippen LogP) is 5.66. The van der Waals surface area contributed by atoms with Crippen LogP contribution in [-0.4, -0.2) is 43.6 Å². The number of piperidine rings is 1. The van der Waals surface area contributed by atoms with Crippen molar-refractivity contribution in [1.82, 2.24) is 24.6 Å². The molecule has 37 heavy (non-hydrogen) atoms. The lowest BCUT2D eigenvalue weighted by molar-refractivity contribution is -0.133. The van der Waals surface area contributed by atoms with E-state index in [1.54, 1.807) is 29.1 Å². The number of benzene rings is 2. The van der Waals surface area contributed by atoms with E-state index in [0.29, 0.717) is 23.1 Å². The summed E-state index contributed by atoms with van der Waals surface area (Å²) < 4.78 is 15.1. The zero-order valence-corrected chi connectivity index (χ0v) is 20.8. The van der Waals surface area contributed by atoms with Gasteiger partial charge in [-0.1, -0.05) is 43.0 Å². The van der Waals surface area contributed by atoms with Crippen LogP contribution < -0.4 is 0 Å². The summed E-state index contributed by atoms with van der Waals surface area (Å²) in [6.45, 7) is 5.41. The van der Waals surface area contributed by atoms with E-state index < -0.39 is 0 Å². The molecule has 0 aliphatic carbocycles. The van der Waals surface area contributed by atoms with Crippen LogP contribution in [0.3, 0.4) is 0 Å². The lowest BCUT2D eigenvalue weighted by Gasteiger charge is -2.32. The maximum absolute atomic E-state index is 13.5. The van der Waals surface area contributed by atoms with E-state index in [1.807, 2.05) is 41.4 Å². The zero-order chi connectivity index (χ0) is 25.6. The minimum atomic E-state index is -0.317. The van der Waals surface area contributed by atoms with Gasteiger partial charge in [0.05, 0.1) is 0 Å². The maximum atomic E-state index is 13.5. The smallest absolute Gasteiger partial charge is 0.244 e. The Morgan fingerprint density at radius 2 is 1.76 bits per heavy atom. The molecular weight excluding hydrogens is 465 g/mol. The van der Waals surface area contributed by atoms with Gasteiger partial charge in [0.2, 0.25) is 5.91 Å². The molecular formula is C30H30FN5O. The van der Waals surface area contributed by atoms with E-state index in [4.69, 9.17) is 4.98 Å². The van der Waals surface area contributed by atoms with E-state index in [1.165, 1.54) is 17.7 Å². The number of likely N-dealkylation sites (tertiary alicyclic amines) is 1. The van der Waals surface area contributed by atoms with E-state index in [9.17, 15) is 9.18 Å². The second kappa shape index (κ2) is 11.3. The van der Waals surface area contributed by atoms with E-state index in [-0.39, 0.29) is 18.3 Å². The molecule has 1 aliphatic rings. The average Bonchev–Trinajstić information content (AvgIpc) is 3.36. The number of carbonyl (C=O) groups excluding carboxylic acids is 1. The molecule has 0 saturated carbocycles. The first kappa shape index (κ1) is 24.6. The molecule has 4 aromatic rings. The monoisotopic (exact) mass is 495 g/mol. The number of hydrogen-bond acceptors (Lipinski definition) is 4. The van der Waals surface area contributed by atoms with Crippen LogP contribution in [0.25, 0.3) is 28.9 Å². The van der Waals surface area contributed by atoms with E-state index in [0.717, 1.165) is 49.9 Å². The molecule has 1 amide bonds. The van der Waals surface area contributed by atoms with Crippen LogP contribution in [0.1, 0.15) is 30.4 Å². The van der Waals surface area contributed by atoms with Crippen LogP contribution in [-0.2, 0) is 17.8 Å². The van der Waals surface area contributed by atoms with Gasteiger partial charge in [0.1, 0.15) is 12.4 Å². The van der Waals surface area contributed by atoms with Crippen molar-refractivity contribution in [2.24, 2.45) is 5.92 Å². The second-order valence-electron chi connectivity index (χ2n) is 9.47. The number of carbonyl (C=O) groups is 1. The first-order valence-electron chi connectivity index (χ1n) is 12.7. The highest BCUT2D eigenvalue weighted by Crippen LogP contribution is 2.25. The molecule has 7 heteroatoms. The topological polar surface area (TPSA) is 63.9 Å². The molecule has 1 aliphatic heterocycles. The summed E-state index contributed by atoms with van der Waals surface area (Å²) in [7, 11) is 0. The largest absolute Gasteiger partial charge is 0.341 e. The summed E-state index contributed by atoms with van der Waals surface area (Å²) in [5.41, 5.74) is 3.81. The first-order chi connectivity index (χ1) is 18.1. The Morgan fingerprint density at radius 3 is 2.43 bits per heavy atom. The molecule has 1 saturated heterocycles. The maximum Gasteiger partial charge on any atom is 0.244 e. The van der Waals surface area contributed by atoms with Crippen molar-refractivity contribution in [2.45, 2.75) is 32.2 Å². The normalized spacial score (nSPS) is 14.0. The summed E-state index contributed by atoms with van der Waals surface area (Å²) in [6, 6.07) is 18.0. The molecule has 0 atom stereocenters. The minimum absolute atomic E-state index is 0.0326. The Balaban J connectivity index is 1.28. The molecule has 2 aromatic heterocycles. The van der Waals surface area contributed by atoms with Crippen LogP contribution in [0, 0.1) is 11.7 Å². The number of hydrogen-bond donors (Lipinski definition) is 0. The standard InChI is InChI=1S/C30H30FN5O/c1-2-22-7-9-26(10-8-22)30-33-29(25-11-13-27(31)14-12-25)34-36(30)21-28(37)35-18-15-23(16-19-35)5-6-24-4-3-17-32-20-24/h2-4,7-14,17,20,23H,1,5-6,15-16,18-19,21H2. The summed E-state index contributed by atoms with van der Waals surface area (Å²) in [5.74, 6) is 1.40. The zero-order valence-electron chi connectivity index (χ0n) is 20.8. The van der Waals surface area contributed by atoms with Crippen molar-refractivity contribution < 1.29 is 9.18 Å². The Morgan fingerprint density at radius 1 is 1.03 bits per heavy atom. The molecule has 3 heterocycles. The molecule has 0 radical (unpaired) electrons. The summed E-state index contributed by atoms with van der Waals surface area (Å²) in [5, 5.41) is 4.65. The van der Waals surface area contributed by atoms with E-state index >= 15 is 0 Å². The number of pyridine rings is 1. The fourth-order valence-corrected chi connectivity index (χ4v) is 4.77. The van der Waals surface area contributed by atoms with Crippen molar-refractivity contribution >= 4 is 12.0 Å². The molecule has 2 aromatic carbocycles.